The van der Waals surface area contributed by atoms with Gasteiger partial charge in [-0.3, -0.25) is 14.2 Å². The average molecular weight is 883 g/mol. The van der Waals surface area contributed by atoms with Crippen molar-refractivity contribution in [2.75, 3.05) is 0 Å². The summed E-state index contributed by atoms with van der Waals surface area (Å²) in [6.07, 6.45) is 10.9. The molecule has 3 heterocycles. The molecule has 5 rings (SSSR count). The van der Waals surface area contributed by atoms with Crippen LogP contribution in [0.5, 0.6) is 0 Å². The van der Waals surface area contributed by atoms with E-state index in [0.29, 0.717) is 41.0 Å². The third-order valence-electron chi connectivity index (χ3n) is 10.9. The van der Waals surface area contributed by atoms with Gasteiger partial charge in [-0.25, -0.2) is 9.97 Å². The molecule has 0 aliphatic heterocycles. The van der Waals surface area contributed by atoms with E-state index in [4.69, 9.17) is 0 Å². The van der Waals surface area contributed by atoms with Gasteiger partial charge in [0.2, 0.25) is 5.78 Å². The zero-order valence-electron chi connectivity index (χ0n) is 33.4. The van der Waals surface area contributed by atoms with E-state index >= 15 is 0 Å². The summed E-state index contributed by atoms with van der Waals surface area (Å²) in [6.45, 7) is 25.9. The SMILES string of the molecule is CCC(CC)C(C(=O)/C=C(\O)C(C(C)C)C(C)C)C(CC)CC.Cc1cc2[c-]c(-c3ncnc4nc5ncccn5c34)cc(C(C)C)c2cc1C.[Ir]. The molecule has 0 spiro atoms. The zero-order valence-corrected chi connectivity index (χ0v) is 35.8. The van der Waals surface area contributed by atoms with Gasteiger partial charge < -0.3 is 5.11 Å². The molecule has 52 heavy (non-hydrogen) atoms. The molecule has 0 aliphatic rings. The minimum absolute atomic E-state index is 0. The Balaban J connectivity index is 0.000000282. The third kappa shape index (κ3) is 9.35. The molecular formula is C44H60IrN5O2-. The Morgan fingerprint density at radius 1 is 0.846 bits per heavy atom. The van der Waals surface area contributed by atoms with Crippen molar-refractivity contribution in [3.05, 3.63) is 77.6 Å². The van der Waals surface area contributed by atoms with E-state index in [2.05, 4.69) is 127 Å². The normalized spacial score (nSPS) is 12.3. The molecule has 0 amide bonds. The van der Waals surface area contributed by atoms with E-state index in [1.54, 1.807) is 18.6 Å². The number of aromatic nitrogens is 5. The van der Waals surface area contributed by atoms with Crippen molar-refractivity contribution in [1.29, 1.82) is 0 Å². The predicted molar refractivity (Wildman–Crippen MR) is 212 cm³/mol. The second kappa shape index (κ2) is 19.0. The molecule has 5 aromatic rings. The molecule has 0 saturated carbocycles. The van der Waals surface area contributed by atoms with Gasteiger partial charge in [-0.1, -0.05) is 123 Å². The number of hydrogen-bond acceptors (Lipinski definition) is 6. The Bertz CT molecular complexity index is 1950. The fraction of sp³-hybridized carbons (Fsp3) is 0.523. The summed E-state index contributed by atoms with van der Waals surface area (Å²) in [7, 11) is 0. The standard InChI is InChI=1S/C23H20N5.C21H40O2.Ir/c1-13(2)18-11-17(10-16-8-14(3)15(4)9-19(16)18)20-21-22(26-12-25-20)27-23-24-6-5-7-28(21)23;1-9-16(10-2)21(17(11-3)12-4)19(23)13-18(22)20(14(5)6)15(7)8;/h5-9,11-13H,1-4H3;13-17,20-22H,9-12H2,1-8H3;/q-1;;/b;18-13-;. The van der Waals surface area contributed by atoms with Crippen molar-refractivity contribution in [3.8, 4) is 11.3 Å². The maximum atomic E-state index is 13.0. The summed E-state index contributed by atoms with van der Waals surface area (Å²) in [4.78, 5) is 30.8. The first-order valence-corrected chi connectivity index (χ1v) is 19.1. The van der Waals surface area contributed by atoms with E-state index in [1.807, 2.05) is 16.7 Å². The number of benzene rings is 2. The minimum atomic E-state index is 0. The number of fused-ring (bicyclic) bond motifs is 4. The number of ketones is 1. The van der Waals surface area contributed by atoms with Crippen molar-refractivity contribution in [3.63, 3.8) is 0 Å². The van der Waals surface area contributed by atoms with Gasteiger partial charge in [-0.15, -0.1) is 29.1 Å². The van der Waals surface area contributed by atoms with E-state index in [9.17, 15) is 9.90 Å². The summed E-state index contributed by atoms with van der Waals surface area (Å²) in [5, 5.41) is 12.9. The van der Waals surface area contributed by atoms with Crippen molar-refractivity contribution >= 4 is 33.5 Å². The van der Waals surface area contributed by atoms with Crippen LogP contribution in [0, 0.1) is 55.4 Å². The second-order valence-electron chi connectivity index (χ2n) is 15.2. The Morgan fingerprint density at radius 3 is 2.00 bits per heavy atom. The van der Waals surface area contributed by atoms with Gasteiger partial charge in [-0.2, -0.15) is 4.98 Å². The number of imidazole rings is 1. The summed E-state index contributed by atoms with van der Waals surface area (Å²) in [5.41, 5.74) is 7.15. The fourth-order valence-electron chi connectivity index (χ4n) is 8.00. The van der Waals surface area contributed by atoms with Gasteiger partial charge >= 0.3 is 0 Å². The fourth-order valence-corrected chi connectivity index (χ4v) is 8.00. The molecule has 1 radical (unpaired) electrons. The first-order chi connectivity index (χ1) is 24.3. The number of carbonyl (C=O) groups is 1. The third-order valence-corrected chi connectivity index (χ3v) is 10.9. The van der Waals surface area contributed by atoms with Crippen LogP contribution in [0.25, 0.3) is 39.0 Å². The summed E-state index contributed by atoms with van der Waals surface area (Å²) >= 11 is 0. The number of aliphatic hydroxyl groups is 1. The number of aryl methyl sites for hydroxylation is 2. The molecule has 8 heteroatoms. The molecule has 0 fully saturated rings. The molecular weight excluding hydrogens is 823 g/mol. The van der Waals surface area contributed by atoms with Crippen LogP contribution in [0.4, 0.5) is 0 Å². The Hall–Kier alpha value is -3.48. The van der Waals surface area contributed by atoms with E-state index in [1.165, 1.54) is 22.1 Å². The van der Waals surface area contributed by atoms with E-state index in [-0.39, 0.29) is 43.5 Å². The van der Waals surface area contributed by atoms with Gasteiger partial charge in [0.25, 0.3) is 0 Å². The predicted octanol–water partition coefficient (Wildman–Crippen LogP) is 11.4. The summed E-state index contributed by atoms with van der Waals surface area (Å²) in [6, 6.07) is 12.2. The largest absolute Gasteiger partial charge is 0.512 e. The number of allylic oxidation sites excluding steroid dienone is 2. The molecule has 283 valence electrons. The Labute approximate surface area is 325 Å². The van der Waals surface area contributed by atoms with Crippen LogP contribution in [-0.2, 0) is 24.9 Å². The number of rotatable bonds is 13. The number of carbonyl (C=O) groups excluding carboxylic acids is 1. The number of nitrogens with zero attached hydrogens (tertiary/aromatic N) is 5. The van der Waals surface area contributed by atoms with Crippen LogP contribution in [0.2, 0.25) is 0 Å². The van der Waals surface area contributed by atoms with Crippen LogP contribution in [-0.4, -0.2) is 35.2 Å². The van der Waals surface area contributed by atoms with Crippen LogP contribution < -0.4 is 0 Å². The van der Waals surface area contributed by atoms with Crippen LogP contribution in [0.15, 0.2) is 54.8 Å². The molecule has 7 nitrogen and oxygen atoms in total. The molecule has 0 unspecified atom stereocenters. The number of hydrogen-bond donors (Lipinski definition) is 1. The second-order valence-corrected chi connectivity index (χ2v) is 15.2. The van der Waals surface area contributed by atoms with Gasteiger partial charge in [0.05, 0.1) is 11.3 Å². The quantitative estimate of drug-likeness (QED) is 0.0719. The summed E-state index contributed by atoms with van der Waals surface area (Å²) in [5.74, 6) is 3.01. The molecule has 0 saturated heterocycles. The van der Waals surface area contributed by atoms with Gasteiger partial charge in [-0.05, 0) is 49.5 Å². The monoisotopic (exact) mass is 883 g/mol. The molecule has 0 atom stereocenters. The van der Waals surface area contributed by atoms with Gasteiger partial charge in [0, 0.05) is 56.1 Å². The molecule has 3 aromatic heterocycles. The van der Waals surface area contributed by atoms with Crippen LogP contribution in [0.3, 0.4) is 0 Å². The number of aliphatic hydroxyl groups excluding tert-OH is 1. The van der Waals surface area contributed by atoms with Crippen molar-refractivity contribution < 1.29 is 30.0 Å². The Kier molecular flexibility index (Phi) is 15.7. The first kappa shape index (κ1) is 42.9. The van der Waals surface area contributed by atoms with Crippen molar-refractivity contribution in [1.82, 2.24) is 24.3 Å². The van der Waals surface area contributed by atoms with E-state index < -0.39 is 0 Å². The van der Waals surface area contributed by atoms with Crippen LogP contribution >= 0.6 is 0 Å². The average Bonchev–Trinajstić information content (AvgIpc) is 3.47. The van der Waals surface area contributed by atoms with Gasteiger partial charge in [0.15, 0.2) is 11.4 Å². The summed E-state index contributed by atoms with van der Waals surface area (Å²) < 4.78 is 1.94. The van der Waals surface area contributed by atoms with Crippen molar-refractivity contribution in [2.24, 2.45) is 35.5 Å². The maximum Gasteiger partial charge on any atom is 0.235 e. The maximum absolute atomic E-state index is 13.0. The molecule has 2 aromatic carbocycles. The first-order valence-electron chi connectivity index (χ1n) is 19.1. The smallest absolute Gasteiger partial charge is 0.235 e. The zero-order chi connectivity index (χ0) is 37.6. The topological polar surface area (TPSA) is 93.3 Å². The minimum Gasteiger partial charge on any atom is -0.512 e. The van der Waals surface area contributed by atoms with E-state index in [0.717, 1.165) is 47.8 Å². The molecule has 1 N–H and O–H groups in total. The molecule has 0 bridgehead atoms. The van der Waals surface area contributed by atoms with Crippen LogP contribution in [0.1, 0.15) is 118 Å². The van der Waals surface area contributed by atoms with Gasteiger partial charge in [0.1, 0.15) is 6.33 Å². The Morgan fingerprint density at radius 2 is 1.44 bits per heavy atom. The molecule has 0 aliphatic carbocycles. The van der Waals surface area contributed by atoms with Crippen molar-refractivity contribution in [2.45, 2.75) is 115 Å².